The third kappa shape index (κ3) is 3.50. The van der Waals surface area contributed by atoms with Crippen LogP contribution in [0.2, 0.25) is 0 Å². The van der Waals surface area contributed by atoms with E-state index < -0.39 is 0 Å². The lowest BCUT2D eigenvalue weighted by molar-refractivity contribution is -0.0811. The zero-order valence-corrected chi connectivity index (χ0v) is 12.9. The van der Waals surface area contributed by atoms with Crippen molar-refractivity contribution in [1.29, 1.82) is 0 Å². The molecule has 2 aliphatic rings. The maximum absolute atomic E-state index is 6.21. The van der Waals surface area contributed by atoms with E-state index in [9.17, 15) is 0 Å². The van der Waals surface area contributed by atoms with E-state index in [4.69, 9.17) is 10.5 Å². The Balaban J connectivity index is 2.02. The number of likely N-dealkylation sites (N-methyl/N-ethyl adjacent to an activating group) is 1. The first-order chi connectivity index (χ1) is 9.22. The van der Waals surface area contributed by atoms with E-state index >= 15 is 0 Å². The molecule has 2 fully saturated rings. The number of rotatable bonds is 5. The summed E-state index contributed by atoms with van der Waals surface area (Å²) >= 11 is 0. The molecule has 1 saturated carbocycles. The molecule has 0 aromatic heterocycles. The number of hydrogen-bond donors (Lipinski definition) is 1. The Bertz CT molecular complexity index is 263. The van der Waals surface area contributed by atoms with Gasteiger partial charge in [0.1, 0.15) is 0 Å². The summed E-state index contributed by atoms with van der Waals surface area (Å²) in [5.74, 6) is 0. The summed E-state index contributed by atoms with van der Waals surface area (Å²) in [7, 11) is 2.32. The van der Waals surface area contributed by atoms with Crippen molar-refractivity contribution in [2.75, 3.05) is 20.2 Å². The monoisotopic (exact) mass is 268 g/mol. The zero-order valence-electron chi connectivity index (χ0n) is 12.9. The largest absolute Gasteiger partial charge is 0.378 e. The minimum absolute atomic E-state index is 0.195. The Morgan fingerprint density at radius 3 is 2.63 bits per heavy atom. The van der Waals surface area contributed by atoms with Crippen molar-refractivity contribution in [3.8, 4) is 0 Å². The lowest BCUT2D eigenvalue weighted by atomic mass is 9.81. The van der Waals surface area contributed by atoms with Gasteiger partial charge in [0.25, 0.3) is 0 Å². The quantitative estimate of drug-likeness (QED) is 0.833. The molecule has 0 spiro atoms. The van der Waals surface area contributed by atoms with E-state index in [2.05, 4.69) is 18.9 Å². The Hall–Kier alpha value is -0.120. The molecule has 1 aliphatic carbocycles. The fourth-order valence-corrected chi connectivity index (χ4v) is 4.01. The van der Waals surface area contributed by atoms with Crippen LogP contribution in [0, 0.1) is 0 Å². The van der Waals surface area contributed by atoms with E-state index in [0.29, 0.717) is 6.10 Å². The topological polar surface area (TPSA) is 38.5 Å². The van der Waals surface area contributed by atoms with Crippen molar-refractivity contribution in [3.63, 3.8) is 0 Å². The Kier molecular flexibility index (Phi) is 5.67. The van der Waals surface area contributed by atoms with Gasteiger partial charge in [0.15, 0.2) is 0 Å². The van der Waals surface area contributed by atoms with Gasteiger partial charge in [-0.15, -0.1) is 0 Å². The first kappa shape index (κ1) is 15.3. The van der Waals surface area contributed by atoms with Crippen LogP contribution < -0.4 is 5.73 Å². The van der Waals surface area contributed by atoms with Gasteiger partial charge in [-0.25, -0.2) is 0 Å². The van der Waals surface area contributed by atoms with E-state index in [1.807, 2.05) is 0 Å². The Morgan fingerprint density at radius 2 is 2.00 bits per heavy atom. The van der Waals surface area contributed by atoms with Crippen LogP contribution in [-0.4, -0.2) is 42.8 Å². The summed E-state index contributed by atoms with van der Waals surface area (Å²) in [4.78, 5) is 2.64. The maximum atomic E-state index is 6.21. The zero-order chi connectivity index (χ0) is 13.7. The van der Waals surface area contributed by atoms with Crippen molar-refractivity contribution in [2.24, 2.45) is 5.73 Å². The van der Waals surface area contributed by atoms with Crippen LogP contribution in [0.3, 0.4) is 0 Å². The van der Waals surface area contributed by atoms with Crippen LogP contribution in [0.25, 0.3) is 0 Å². The standard InChI is InChI=1S/C16H32N2O/c1-3-7-15-12-16(13-17,10-11-19-15)18(2)14-8-5-4-6-9-14/h14-15H,3-13,17H2,1-2H3. The summed E-state index contributed by atoms with van der Waals surface area (Å²) in [5, 5.41) is 0. The second kappa shape index (κ2) is 7.05. The van der Waals surface area contributed by atoms with Gasteiger partial charge in [-0.3, -0.25) is 4.90 Å². The molecule has 0 aromatic carbocycles. The second-order valence-electron chi connectivity index (χ2n) is 6.57. The molecule has 112 valence electrons. The number of hydrogen-bond acceptors (Lipinski definition) is 3. The van der Waals surface area contributed by atoms with Gasteiger partial charge < -0.3 is 10.5 Å². The molecular weight excluding hydrogens is 236 g/mol. The van der Waals surface area contributed by atoms with E-state index in [1.165, 1.54) is 44.9 Å². The first-order valence-electron chi connectivity index (χ1n) is 8.26. The molecule has 19 heavy (non-hydrogen) atoms. The van der Waals surface area contributed by atoms with Gasteiger partial charge in [0.05, 0.1) is 6.10 Å². The summed E-state index contributed by atoms with van der Waals surface area (Å²) in [5.41, 5.74) is 6.40. The number of ether oxygens (including phenoxy) is 1. The molecular formula is C16H32N2O. The fraction of sp³-hybridized carbons (Fsp3) is 1.00. The van der Waals surface area contributed by atoms with Gasteiger partial charge in [-0.1, -0.05) is 32.6 Å². The molecule has 2 atom stereocenters. The molecule has 1 saturated heterocycles. The highest BCUT2D eigenvalue weighted by Crippen LogP contribution is 2.35. The van der Waals surface area contributed by atoms with Crippen molar-refractivity contribution in [3.05, 3.63) is 0 Å². The molecule has 2 N–H and O–H groups in total. The third-order valence-corrected chi connectivity index (χ3v) is 5.39. The molecule has 3 nitrogen and oxygen atoms in total. The minimum Gasteiger partial charge on any atom is -0.378 e. The molecule has 1 heterocycles. The van der Waals surface area contributed by atoms with Gasteiger partial charge in [-0.05, 0) is 39.2 Å². The van der Waals surface area contributed by atoms with Crippen LogP contribution in [0.4, 0.5) is 0 Å². The number of nitrogens with zero attached hydrogens (tertiary/aromatic N) is 1. The first-order valence-corrected chi connectivity index (χ1v) is 8.26. The molecule has 0 aromatic rings. The van der Waals surface area contributed by atoms with Gasteiger partial charge in [-0.2, -0.15) is 0 Å². The van der Waals surface area contributed by atoms with E-state index in [-0.39, 0.29) is 5.54 Å². The van der Waals surface area contributed by atoms with Crippen molar-refractivity contribution < 1.29 is 4.74 Å². The average molecular weight is 268 g/mol. The highest BCUT2D eigenvalue weighted by molar-refractivity contribution is 4.98. The van der Waals surface area contributed by atoms with E-state index in [1.54, 1.807) is 0 Å². The molecule has 2 unspecified atom stereocenters. The second-order valence-corrected chi connectivity index (χ2v) is 6.57. The van der Waals surface area contributed by atoms with E-state index in [0.717, 1.165) is 32.0 Å². The molecule has 1 aliphatic heterocycles. The normalized spacial score (nSPS) is 33.8. The minimum atomic E-state index is 0.195. The lowest BCUT2D eigenvalue weighted by Crippen LogP contribution is -2.60. The predicted octanol–water partition coefficient (Wildman–Crippen LogP) is 2.93. The summed E-state index contributed by atoms with van der Waals surface area (Å²) in [6.45, 7) is 3.91. The summed E-state index contributed by atoms with van der Waals surface area (Å²) in [6.07, 6.45) is 12.0. The summed E-state index contributed by atoms with van der Waals surface area (Å²) < 4.78 is 5.93. The SMILES string of the molecule is CCCC1CC(CN)(N(C)C2CCCCC2)CCO1. The molecule has 3 heteroatoms. The van der Waals surface area contributed by atoms with Gasteiger partial charge in [0, 0.05) is 24.7 Å². The van der Waals surface area contributed by atoms with Crippen LogP contribution in [0.5, 0.6) is 0 Å². The van der Waals surface area contributed by atoms with Crippen molar-refractivity contribution in [1.82, 2.24) is 4.90 Å². The maximum Gasteiger partial charge on any atom is 0.0593 e. The van der Waals surface area contributed by atoms with Crippen LogP contribution in [0.1, 0.15) is 64.7 Å². The average Bonchev–Trinajstić information content (AvgIpc) is 2.48. The van der Waals surface area contributed by atoms with Crippen LogP contribution in [-0.2, 0) is 4.74 Å². The lowest BCUT2D eigenvalue weighted by Gasteiger charge is -2.50. The summed E-state index contributed by atoms with van der Waals surface area (Å²) in [6, 6.07) is 0.748. The molecule has 0 amide bonds. The smallest absolute Gasteiger partial charge is 0.0593 e. The molecule has 0 bridgehead atoms. The highest BCUT2D eigenvalue weighted by atomic mass is 16.5. The fourth-order valence-electron chi connectivity index (χ4n) is 4.01. The molecule has 0 radical (unpaired) electrons. The predicted molar refractivity (Wildman–Crippen MR) is 80.3 cm³/mol. The van der Waals surface area contributed by atoms with Crippen LogP contribution >= 0.6 is 0 Å². The molecule has 2 rings (SSSR count). The van der Waals surface area contributed by atoms with Gasteiger partial charge >= 0.3 is 0 Å². The van der Waals surface area contributed by atoms with Gasteiger partial charge in [0.2, 0.25) is 0 Å². The Labute approximate surface area is 118 Å². The van der Waals surface area contributed by atoms with Crippen molar-refractivity contribution >= 4 is 0 Å². The Morgan fingerprint density at radius 1 is 1.26 bits per heavy atom. The number of nitrogens with two attached hydrogens (primary N) is 1. The van der Waals surface area contributed by atoms with Crippen LogP contribution in [0.15, 0.2) is 0 Å². The highest BCUT2D eigenvalue weighted by Gasteiger charge is 2.41. The van der Waals surface area contributed by atoms with Crippen molar-refractivity contribution in [2.45, 2.75) is 82.4 Å². The third-order valence-electron chi connectivity index (χ3n) is 5.39.